The fourth-order valence-electron chi connectivity index (χ4n) is 3.02. The summed E-state index contributed by atoms with van der Waals surface area (Å²) in [6.45, 7) is 0.947. The molecular weight excluding hydrogens is 342 g/mol. The average molecular weight is 365 g/mol. The van der Waals surface area contributed by atoms with E-state index in [0.717, 1.165) is 5.56 Å². The molecule has 0 radical (unpaired) electrons. The molecule has 140 valence electrons. The Morgan fingerprint density at radius 3 is 2.96 bits per heavy atom. The van der Waals surface area contributed by atoms with Crippen molar-refractivity contribution in [2.75, 3.05) is 33.4 Å². The number of likely N-dealkylation sites (tertiary alicyclic amines) is 1. The molecule has 6 nitrogen and oxygen atoms in total. The van der Waals surface area contributed by atoms with Gasteiger partial charge < -0.3 is 14.4 Å². The van der Waals surface area contributed by atoms with Crippen molar-refractivity contribution in [1.29, 1.82) is 0 Å². The Hall–Kier alpha value is -2.35. The molecule has 3 rings (SSSR count). The summed E-state index contributed by atoms with van der Waals surface area (Å²) in [6, 6.07) is 7.09. The molecule has 0 spiro atoms. The number of halogens is 2. The van der Waals surface area contributed by atoms with Crippen LogP contribution < -0.4 is 10.1 Å². The highest BCUT2D eigenvalue weighted by molar-refractivity contribution is 6.05. The van der Waals surface area contributed by atoms with Gasteiger partial charge in [0.05, 0.1) is 13.2 Å². The van der Waals surface area contributed by atoms with Gasteiger partial charge in [-0.3, -0.25) is 10.4 Å². The highest BCUT2D eigenvalue weighted by Gasteiger charge is 2.40. The second-order valence-corrected chi connectivity index (χ2v) is 6.38. The Morgan fingerprint density at radius 2 is 2.23 bits per heavy atom. The molecule has 2 aliphatic rings. The second kappa shape index (κ2) is 7.90. The molecule has 0 aromatic heterocycles. The minimum atomic E-state index is -2.66. The van der Waals surface area contributed by atoms with Crippen LogP contribution >= 0.6 is 0 Å². The molecule has 1 atom stereocenters. The standard InChI is InChI=1S/C18H22F2N4O2/c1-25-7-8-26-14-4-2-3-13(9-14)17(21)15-10-16(23-12-22-15)24-6-5-18(19,20)11-24/h2-4,9,12,15,21H,5-8,10-11H2,1H3/p+1. The lowest BCUT2D eigenvalue weighted by molar-refractivity contribution is -0.116. The minimum Gasteiger partial charge on any atom is -0.491 e. The molecule has 8 heteroatoms. The van der Waals surface area contributed by atoms with Gasteiger partial charge >= 0.3 is 0 Å². The Bertz CT molecular complexity index is 721. The molecule has 1 fully saturated rings. The number of alkyl halides is 2. The van der Waals surface area contributed by atoms with E-state index in [1.165, 1.54) is 6.34 Å². The van der Waals surface area contributed by atoms with Crippen molar-refractivity contribution in [3.05, 3.63) is 29.8 Å². The average Bonchev–Trinajstić information content (AvgIpc) is 3.02. The van der Waals surface area contributed by atoms with E-state index in [2.05, 4.69) is 9.98 Å². The van der Waals surface area contributed by atoms with Gasteiger partial charge in [-0.05, 0) is 18.2 Å². The topological polar surface area (TPSA) is 72.0 Å². The number of ether oxygens (including phenoxy) is 2. The first-order valence-electron chi connectivity index (χ1n) is 8.54. The number of rotatable bonds is 6. The summed E-state index contributed by atoms with van der Waals surface area (Å²) in [4.78, 5) is 10.1. The molecule has 2 heterocycles. The number of benzene rings is 1. The molecule has 26 heavy (non-hydrogen) atoms. The van der Waals surface area contributed by atoms with Crippen LogP contribution in [0.1, 0.15) is 18.4 Å². The molecule has 1 aromatic carbocycles. The normalized spacial score (nSPS) is 21.6. The third kappa shape index (κ3) is 4.43. The van der Waals surface area contributed by atoms with Crippen molar-refractivity contribution in [2.24, 2.45) is 9.98 Å². The maximum absolute atomic E-state index is 13.5. The van der Waals surface area contributed by atoms with Crippen molar-refractivity contribution >= 4 is 17.9 Å². The summed E-state index contributed by atoms with van der Waals surface area (Å²) in [6.07, 6.45) is 1.67. The summed E-state index contributed by atoms with van der Waals surface area (Å²) in [5.74, 6) is -1.36. The van der Waals surface area contributed by atoms with Gasteiger partial charge in [0.15, 0.2) is 0 Å². The number of amidine groups is 1. The smallest absolute Gasteiger partial charge is 0.266 e. The zero-order valence-electron chi connectivity index (χ0n) is 14.7. The SMILES string of the molecule is COCCOc1cccc(C(=[NH2+])C2CC(N3CCC(F)(F)C3)=NC=N2)c1. The van der Waals surface area contributed by atoms with Crippen molar-refractivity contribution in [3.63, 3.8) is 0 Å². The first-order valence-corrected chi connectivity index (χ1v) is 8.54. The number of nitrogens with zero attached hydrogens (tertiary/aromatic N) is 3. The maximum atomic E-state index is 13.5. The van der Waals surface area contributed by atoms with E-state index in [4.69, 9.17) is 14.9 Å². The lowest BCUT2D eigenvalue weighted by atomic mass is 9.99. The number of hydrogen-bond donors (Lipinski definition) is 1. The van der Waals surface area contributed by atoms with Gasteiger partial charge in [-0.1, -0.05) is 6.07 Å². The third-order valence-electron chi connectivity index (χ3n) is 4.45. The zero-order valence-corrected chi connectivity index (χ0v) is 14.7. The van der Waals surface area contributed by atoms with Gasteiger partial charge in [0, 0.05) is 32.1 Å². The molecule has 1 saturated heterocycles. The van der Waals surface area contributed by atoms with Gasteiger partial charge in [-0.25, -0.2) is 13.8 Å². The molecular formula is C18H23F2N4O2+. The first-order chi connectivity index (χ1) is 12.5. The Kier molecular flexibility index (Phi) is 5.61. The van der Waals surface area contributed by atoms with E-state index in [-0.39, 0.29) is 19.0 Å². The van der Waals surface area contributed by atoms with E-state index in [9.17, 15) is 8.78 Å². The van der Waals surface area contributed by atoms with Crippen LogP contribution in [0.5, 0.6) is 5.75 Å². The summed E-state index contributed by atoms with van der Waals surface area (Å²) < 4.78 is 37.5. The van der Waals surface area contributed by atoms with Crippen molar-refractivity contribution in [2.45, 2.75) is 24.8 Å². The van der Waals surface area contributed by atoms with Gasteiger partial charge in [-0.15, -0.1) is 0 Å². The van der Waals surface area contributed by atoms with Crippen molar-refractivity contribution in [3.8, 4) is 5.75 Å². The highest BCUT2D eigenvalue weighted by atomic mass is 19.3. The van der Waals surface area contributed by atoms with Crippen LogP contribution in [0.25, 0.3) is 0 Å². The Balaban J connectivity index is 1.65. The number of aliphatic imine (C=N–C) groups is 2. The second-order valence-electron chi connectivity index (χ2n) is 6.38. The van der Waals surface area contributed by atoms with Gasteiger partial charge in [0.2, 0.25) is 5.71 Å². The monoisotopic (exact) mass is 365 g/mol. The van der Waals surface area contributed by atoms with Crippen molar-refractivity contribution in [1.82, 2.24) is 4.90 Å². The lowest BCUT2D eigenvalue weighted by Crippen LogP contribution is -2.49. The zero-order chi connectivity index (χ0) is 18.6. The molecule has 1 aromatic rings. The summed E-state index contributed by atoms with van der Waals surface area (Å²) in [5, 5.41) is 6.31. The van der Waals surface area contributed by atoms with Gasteiger partial charge in [0.1, 0.15) is 30.6 Å². The summed E-state index contributed by atoms with van der Waals surface area (Å²) in [7, 11) is 1.61. The van der Waals surface area contributed by atoms with E-state index >= 15 is 0 Å². The first kappa shape index (κ1) is 18.4. The van der Waals surface area contributed by atoms with Crippen LogP contribution in [0.2, 0.25) is 0 Å². The largest absolute Gasteiger partial charge is 0.491 e. The van der Waals surface area contributed by atoms with Crippen LogP contribution in [0.3, 0.4) is 0 Å². The molecule has 2 aliphatic heterocycles. The highest BCUT2D eigenvalue weighted by Crippen LogP contribution is 2.28. The summed E-state index contributed by atoms with van der Waals surface area (Å²) in [5.41, 5.74) is 1.37. The van der Waals surface area contributed by atoms with Gasteiger partial charge in [-0.2, -0.15) is 0 Å². The summed E-state index contributed by atoms with van der Waals surface area (Å²) >= 11 is 0. The molecule has 1 unspecified atom stereocenters. The van der Waals surface area contributed by atoms with Crippen LogP contribution in [-0.4, -0.2) is 68.2 Å². The minimum absolute atomic E-state index is 0.145. The fraction of sp³-hybridized carbons (Fsp3) is 0.500. The van der Waals surface area contributed by atoms with Crippen LogP contribution in [-0.2, 0) is 4.74 Å². The van der Waals surface area contributed by atoms with E-state index < -0.39 is 5.92 Å². The van der Waals surface area contributed by atoms with Gasteiger partial charge in [0.25, 0.3) is 5.92 Å². The fourth-order valence-corrected chi connectivity index (χ4v) is 3.02. The van der Waals surface area contributed by atoms with E-state index in [0.29, 0.717) is 43.5 Å². The Morgan fingerprint density at radius 1 is 1.38 bits per heavy atom. The molecule has 0 saturated carbocycles. The van der Waals surface area contributed by atoms with E-state index in [1.807, 2.05) is 24.3 Å². The van der Waals surface area contributed by atoms with Crippen LogP contribution in [0.15, 0.2) is 34.3 Å². The number of methoxy groups -OCH3 is 1. The van der Waals surface area contributed by atoms with Crippen LogP contribution in [0, 0.1) is 0 Å². The molecule has 2 N–H and O–H groups in total. The lowest BCUT2D eigenvalue weighted by Gasteiger charge is -2.24. The Labute approximate surface area is 151 Å². The number of hydrogen-bond acceptors (Lipinski definition) is 5. The number of nitrogens with two attached hydrogens (primary N) is 1. The molecule has 0 amide bonds. The third-order valence-corrected chi connectivity index (χ3v) is 4.45. The quantitative estimate of drug-likeness (QED) is 0.599. The maximum Gasteiger partial charge on any atom is 0.266 e. The van der Waals surface area contributed by atoms with Crippen molar-refractivity contribution < 1.29 is 23.7 Å². The van der Waals surface area contributed by atoms with E-state index in [1.54, 1.807) is 12.0 Å². The molecule has 0 aliphatic carbocycles. The predicted octanol–water partition coefficient (Wildman–Crippen LogP) is 0.800. The predicted molar refractivity (Wildman–Crippen MR) is 95.3 cm³/mol. The van der Waals surface area contributed by atoms with Crippen LogP contribution in [0.4, 0.5) is 8.78 Å². The molecule has 0 bridgehead atoms.